The molecule has 9 heteroatoms. The van der Waals surface area contributed by atoms with Gasteiger partial charge in [-0.3, -0.25) is 15.2 Å². The van der Waals surface area contributed by atoms with Gasteiger partial charge in [-0.15, -0.1) is 0 Å². The van der Waals surface area contributed by atoms with Crippen molar-refractivity contribution >= 4 is 23.4 Å². The zero-order valence-corrected chi connectivity index (χ0v) is 14.8. The standard InChI is InChI=1S/C19H16FN7O/c20-16-9-12(3-5-22-16)14-1-2-15-18(24-14)27(13-4-8-26(15)11-13)19(28)25-17-10-21-6-7-23-17/h1-3,5-7,9-10,13H,4,8,11H2,(H,23,25,28)/t13-/m0/s1. The van der Waals surface area contributed by atoms with Crippen molar-refractivity contribution in [3.05, 3.63) is 55.0 Å². The predicted octanol–water partition coefficient (Wildman–Crippen LogP) is 2.70. The van der Waals surface area contributed by atoms with E-state index in [4.69, 9.17) is 4.98 Å². The number of pyridine rings is 2. The van der Waals surface area contributed by atoms with Crippen molar-refractivity contribution in [3.8, 4) is 11.3 Å². The van der Waals surface area contributed by atoms with Crippen molar-refractivity contribution in [2.24, 2.45) is 0 Å². The number of hydrogen-bond donors (Lipinski definition) is 1. The van der Waals surface area contributed by atoms with E-state index in [0.29, 0.717) is 22.9 Å². The van der Waals surface area contributed by atoms with Gasteiger partial charge in [0.1, 0.15) is 0 Å². The minimum atomic E-state index is -0.571. The zero-order valence-electron chi connectivity index (χ0n) is 14.8. The van der Waals surface area contributed by atoms with E-state index in [1.165, 1.54) is 24.7 Å². The van der Waals surface area contributed by atoms with Gasteiger partial charge in [0.05, 0.1) is 23.6 Å². The highest BCUT2D eigenvalue weighted by atomic mass is 19.1. The Balaban J connectivity index is 1.54. The number of urea groups is 1. The quantitative estimate of drug-likeness (QED) is 0.691. The van der Waals surface area contributed by atoms with E-state index in [9.17, 15) is 9.18 Å². The Bertz CT molecular complexity index is 1050. The number of carbonyl (C=O) groups is 1. The normalized spacial score (nSPS) is 17.4. The highest BCUT2D eigenvalue weighted by Gasteiger charge is 2.40. The van der Waals surface area contributed by atoms with Crippen LogP contribution in [0, 0.1) is 5.95 Å². The number of aromatic nitrogens is 4. The van der Waals surface area contributed by atoms with Gasteiger partial charge in [0, 0.05) is 43.3 Å². The first kappa shape index (κ1) is 16.5. The Labute approximate surface area is 160 Å². The SMILES string of the molecule is O=C(Nc1cnccn1)N1c2nc(-c3ccnc(F)c3)ccc2N2CC[C@H]1C2. The fourth-order valence-corrected chi connectivity index (χ4v) is 3.73. The van der Waals surface area contributed by atoms with Gasteiger partial charge < -0.3 is 4.90 Å². The minimum Gasteiger partial charge on any atom is -0.366 e. The maximum atomic E-state index is 13.5. The summed E-state index contributed by atoms with van der Waals surface area (Å²) in [5, 5.41) is 2.79. The summed E-state index contributed by atoms with van der Waals surface area (Å²) in [6.07, 6.45) is 6.81. The molecule has 8 nitrogen and oxygen atoms in total. The number of amides is 2. The number of rotatable bonds is 2. The number of fused-ring (bicyclic) bond motifs is 4. The van der Waals surface area contributed by atoms with E-state index >= 15 is 0 Å². The number of carbonyl (C=O) groups excluding carboxylic acids is 1. The van der Waals surface area contributed by atoms with Crippen LogP contribution in [0.4, 0.5) is 26.5 Å². The van der Waals surface area contributed by atoms with Crippen molar-refractivity contribution in [3.63, 3.8) is 0 Å². The lowest BCUT2D eigenvalue weighted by Crippen LogP contribution is -2.48. The van der Waals surface area contributed by atoms with Crippen LogP contribution in [0.2, 0.25) is 0 Å². The summed E-state index contributed by atoms with van der Waals surface area (Å²) in [5.41, 5.74) is 2.08. The van der Waals surface area contributed by atoms with E-state index in [2.05, 4.69) is 25.2 Å². The molecule has 3 aromatic rings. The monoisotopic (exact) mass is 377 g/mol. The third kappa shape index (κ3) is 2.81. The summed E-state index contributed by atoms with van der Waals surface area (Å²) in [6, 6.07) is 6.50. The van der Waals surface area contributed by atoms with Gasteiger partial charge in [0.25, 0.3) is 0 Å². The summed E-state index contributed by atoms with van der Waals surface area (Å²) in [5.74, 6) is 0.366. The van der Waals surface area contributed by atoms with Gasteiger partial charge in [-0.25, -0.2) is 19.7 Å². The maximum Gasteiger partial charge on any atom is 0.329 e. The second-order valence-electron chi connectivity index (χ2n) is 6.69. The highest BCUT2D eigenvalue weighted by Crippen LogP contribution is 2.40. The summed E-state index contributed by atoms with van der Waals surface area (Å²) >= 11 is 0. The topological polar surface area (TPSA) is 87.1 Å². The number of anilines is 3. The second-order valence-corrected chi connectivity index (χ2v) is 6.69. The van der Waals surface area contributed by atoms with Gasteiger partial charge >= 0.3 is 6.03 Å². The summed E-state index contributed by atoms with van der Waals surface area (Å²) < 4.78 is 13.5. The lowest BCUT2D eigenvalue weighted by molar-refractivity contribution is 0.254. The molecule has 28 heavy (non-hydrogen) atoms. The Kier molecular flexibility index (Phi) is 3.85. The van der Waals surface area contributed by atoms with Crippen LogP contribution >= 0.6 is 0 Å². The number of nitrogens with zero attached hydrogens (tertiary/aromatic N) is 6. The Morgan fingerprint density at radius 3 is 2.93 bits per heavy atom. The summed E-state index contributed by atoms with van der Waals surface area (Å²) in [7, 11) is 0. The van der Waals surface area contributed by atoms with Gasteiger partial charge in [-0.05, 0) is 24.6 Å². The lowest BCUT2D eigenvalue weighted by atomic mass is 10.1. The molecule has 0 aromatic carbocycles. The molecule has 2 bridgehead atoms. The third-order valence-electron chi connectivity index (χ3n) is 4.99. The Hall–Kier alpha value is -3.62. The zero-order chi connectivity index (χ0) is 19.1. The van der Waals surface area contributed by atoms with Crippen LogP contribution in [0.3, 0.4) is 0 Å². The molecule has 140 valence electrons. The average Bonchev–Trinajstić information content (AvgIpc) is 3.13. The molecule has 0 radical (unpaired) electrons. The highest BCUT2D eigenvalue weighted by molar-refractivity contribution is 6.04. The molecule has 2 aliphatic rings. The fourth-order valence-electron chi connectivity index (χ4n) is 3.73. The van der Waals surface area contributed by atoms with Crippen LogP contribution in [0.1, 0.15) is 6.42 Å². The first-order valence-electron chi connectivity index (χ1n) is 8.93. The van der Waals surface area contributed by atoms with Crippen molar-refractivity contribution < 1.29 is 9.18 Å². The molecule has 0 unspecified atom stereocenters. The first-order chi connectivity index (χ1) is 13.7. The molecule has 5 heterocycles. The first-order valence-corrected chi connectivity index (χ1v) is 8.93. The molecule has 3 aromatic heterocycles. The molecule has 0 saturated carbocycles. The molecule has 5 rings (SSSR count). The van der Waals surface area contributed by atoms with E-state index in [1.807, 2.05) is 12.1 Å². The summed E-state index contributed by atoms with van der Waals surface area (Å²) in [6.45, 7) is 1.61. The van der Waals surface area contributed by atoms with Crippen molar-refractivity contribution in [2.45, 2.75) is 12.5 Å². The van der Waals surface area contributed by atoms with Crippen LogP contribution in [0.25, 0.3) is 11.3 Å². The van der Waals surface area contributed by atoms with Crippen LogP contribution in [-0.2, 0) is 0 Å². The van der Waals surface area contributed by atoms with Gasteiger partial charge in [-0.2, -0.15) is 4.39 Å². The maximum absolute atomic E-state index is 13.5. The van der Waals surface area contributed by atoms with E-state index in [-0.39, 0.29) is 12.1 Å². The Morgan fingerprint density at radius 1 is 1.18 bits per heavy atom. The molecule has 2 aliphatic heterocycles. The van der Waals surface area contributed by atoms with E-state index < -0.39 is 5.95 Å². The van der Waals surface area contributed by atoms with Crippen LogP contribution < -0.4 is 15.1 Å². The molecule has 0 aliphatic carbocycles. The number of halogens is 1. The fraction of sp³-hybridized carbons (Fsp3) is 0.211. The van der Waals surface area contributed by atoms with Crippen molar-refractivity contribution in [1.29, 1.82) is 0 Å². The molecule has 1 atom stereocenters. The third-order valence-corrected chi connectivity index (χ3v) is 4.99. The molecule has 1 fully saturated rings. The molecular weight excluding hydrogens is 361 g/mol. The summed E-state index contributed by atoms with van der Waals surface area (Å²) in [4.78, 5) is 33.3. The molecule has 2 amide bonds. The largest absolute Gasteiger partial charge is 0.366 e. The number of nitrogens with one attached hydrogen (secondary N) is 1. The Morgan fingerprint density at radius 2 is 2.11 bits per heavy atom. The lowest BCUT2D eigenvalue weighted by Gasteiger charge is -2.35. The molecule has 1 N–H and O–H groups in total. The molecule has 1 saturated heterocycles. The molecular formula is C19H16FN7O. The van der Waals surface area contributed by atoms with Crippen LogP contribution in [-0.4, -0.2) is 45.1 Å². The van der Waals surface area contributed by atoms with Crippen LogP contribution in [0.5, 0.6) is 0 Å². The van der Waals surface area contributed by atoms with Gasteiger partial charge in [0.2, 0.25) is 5.95 Å². The smallest absolute Gasteiger partial charge is 0.329 e. The second kappa shape index (κ2) is 6.52. The molecule has 0 spiro atoms. The van der Waals surface area contributed by atoms with Gasteiger partial charge in [0.15, 0.2) is 11.6 Å². The number of hydrogen-bond acceptors (Lipinski definition) is 6. The average molecular weight is 377 g/mol. The van der Waals surface area contributed by atoms with Crippen LogP contribution in [0.15, 0.2) is 49.1 Å². The van der Waals surface area contributed by atoms with Crippen molar-refractivity contribution in [2.75, 3.05) is 28.2 Å². The van der Waals surface area contributed by atoms with Gasteiger partial charge in [-0.1, -0.05) is 0 Å². The minimum absolute atomic E-state index is 0.0149. The van der Waals surface area contributed by atoms with Crippen molar-refractivity contribution in [1.82, 2.24) is 19.9 Å². The predicted molar refractivity (Wildman–Crippen MR) is 102 cm³/mol. The van der Waals surface area contributed by atoms with E-state index in [0.717, 1.165) is 25.2 Å². The van der Waals surface area contributed by atoms with E-state index in [1.54, 1.807) is 17.2 Å².